The van der Waals surface area contributed by atoms with Gasteiger partial charge in [-0.25, -0.2) is 0 Å². The van der Waals surface area contributed by atoms with Crippen molar-refractivity contribution in [1.82, 2.24) is 0 Å². The topological polar surface area (TPSA) is 26.3 Å². The summed E-state index contributed by atoms with van der Waals surface area (Å²) in [5.74, 6) is 0.840. The first-order valence-corrected chi connectivity index (χ1v) is 4.54. The minimum absolute atomic E-state index is 0.0477. The van der Waals surface area contributed by atoms with Crippen LogP contribution in [0.4, 0.5) is 0 Å². The van der Waals surface area contributed by atoms with Crippen molar-refractivity contribution in [2.45, 2.75) is 0 Å². The van der Waals surface area contributed by atoms with E-state index in [-0.39, 0.29) is 5.68 Å². The van der Waals surface area contributed by atoms with Crippen molar-refractivity contribution in [2.24, 2.45) is 0 Å². The van der Waals surface area contributed by atoms with E-state index in [2.05, 4.69) is 0 Å². The third kappa shape index (κ3) is 0.986. The molecule has 0 amide bonds. The van der Waals surface area contributed by atoms with Gasteiger partial charge in [0, 0.05) is 0 Å². The number of ether oxygens (including phenoxy) is 1. The van der Waals surface area contributed by atoms with Gasteiger partial charge in [-0.15, -0.1) is 0 Å². The molecule has 66 valence electrons. The monoisotopic (exact) mass is 182 g/mol. The fraction of sp³-hybridized carbons (Fsp3) is 0.0909. The fourth-order valence-corrected chi connectivity index (χ4v) is 1.84. The SMILES string of the molecule is O=C1B=c2c3c(ccc2=C1)C=CCO3. The van der Waals surface area contributed by atoms with Crippen LogP contribution in [-0.4, -0.2) is 19.2 Å². The zero-order valence-electron chi connectivity index (χ0n) is 7.49. The molecule has 0 radical (unpaired) electrons. The summed E-state index contributed by atoms with van der Waals surface area (Å²) in [5, 5.41) is 1.89. The molecule has 3 heteroatoms. The van der Waals surface area contributed by atoms with Crippen LogP contribution in [0.3, 0.4) is 0 Å². The summed E-state index contributed by atoms with van der Waals surface area (Å²) in [7, 11) is 0. The van der Waals surface area contributed by atoms with E-state index in [1.54, 1.807) is 13.0 Å². The van der Waals surface area contributed by atoms with E-state index >= 15 is 0 Å². The van der Waals surface area contributed by atoms with Crippen molar-refractivity contribution in [3.8, 4) is 5.75 Å². The van der Waals surface area contributed by atoms with Gasteiger partial charge in [-0.05, 0) is 0 Å². The Morgan fingerprint density at radius 1 is 1.36 bits per heavy atom. The molecule has 3 rings (SSSR count). The van der Waals surface area contributed by atoms with Gasteiger partial charge in [0.2, 0.25) is 0 Å². The van der Waals surface area contributed by atoms with Gasteiger partial charge in [-0.3, -0.25) is 0 Å². The Labute approximate surface area is 81.4 Å². The fourth-order valence-electron chi connectivity index (χ4n) is 1.84. The van der Waals surface area contributed by atoms with Crippen LogP contribution < -0.4 is 9.96 Å². The number of hydrogen-bond acceptors (Lipinski definition) is 2. The third-order valence-electron chi connectivity index (χ3n) is 2.47. The molecule has 1 aromatic rings. The van der Waals surface area contributed by atoms with E-state index in [9.17, 15) is 4.79 Å². The molecule has 1 aromatic carbocycles. The summed E-state index contributed by atoms with van der Waals surface area (Å²) in [4.78, 5) is 11.2. The van der Waals surface area contributed by atoms with Crippen molar-refractivity contribution in [2.75, 3.05) is 6.61 Å². The first kappa shape index (κ1) is 7.74. The van der Waals surface area contributed by atoms with Gasteiger partial charge in [0.1, 0.15) is 0 Å². The first-order valence-electron chi connectivity index (χ1n) is 4.54. The predicted octanol–water partition coefficient (Wildman–Crippen LogP) is 0.368. The van der Waals surface area contributed by atoms with E-state index in [1.807, 2.05) is 24.3 Å². The molecule has 0 saturated heterocycles. The molecule has 0 N–H and O–H groups in total. The molecule has 0 spiro atoms. The molecule has 2 aliphatic heterocycles. The normalized spacial score (nSPS) is 15.9. The summed E-state index contributed by atoms with van der Waals surface area (Å²) in [6, 6.07) is 3.93. The maximum atomic E-state index is 11.2. The number of rotatable bonds is 0. The van der Waals surface area contributed by atoms with Crippen LogP contribution in [0.25, 0.3) is 12.2 Å². The molecule has 0 aromatic heterocycles. The standard InChI is InChI=1S/C11H7BO2/c13-9-6-8-4-3-7-2-1-5-14-11(7)10(8)12-9/h1-4,6H,5H2. The van der Waals surface area contributed by atoms with Crippen molar-refractivity contribution in [3.05, 3.63) is 34.1 Å². The molecule has 2 aliphatic rings. The average molecular weight is 182 g/mol. The minimum atomic E-state index is 0.0477. The van der Waals surface area contributed by atoms with Crippen LogP contribution in [-0.2, 0) is 4.79 Å². The number of hydrogen-bond donors (Lipinski definition) is 0. The van der Waals surface area contributed by atoms with E-state index in [0.717, 1.165) is 21.6 Å². The van der Waals surface area contributed by atoms with Gasteiger partial charge in [0.25, 0.3) is 0 Å². The zero-order chi connectivity index (χ0) is 9.54. The van der Waals surface area contributed by atoms with Gasteiger partial charge >= 0.3 is 80.7 Å². The van der Waals surface area contributed by atoms with Gasteiger partial charge in [0.05, 0.1) is 0 Å². The molecule has 0 unspecified atom stereocenters. The van der Waals surface area contributed by atoms with E-state index in [1.165, 1.54) is 0 Å². The van der Waals surface area contributed by atoms with Gasteiger partial charge in [-0.2, -0.15) is 0 Å². The van der Waals surface area contributed by atoms with Crippen LogP contribution in [0.2, 0.25) is 0 Å². The maximum absolute atomic E-state index is 11.2. The third-order valence-corrected chi connectivity index (χ3v) is 2.47. The van der Waals surface area contributed by atoms with Crippen LogP contribution >= 0.6 is 0 Å². The summed E-state index contributed by atoms with van der Waals surface area (Å²) in [5.41, 5.74) is 1.10. The number of carbonyl (C=O) groups excluding carboxylic acids is 1. The van der Waals surface area contributed by atoms with Gasteiger partial charge in [0.15, 0.2) is 0 Å². The predicted molar refractivity (Wildman–Crippen MR) is 54.7 cm³/mol. The second-order valence-corrected chi connectivity index (χ2v) is 3.39. The summed E-state index contributed by atoms with van der Waals surface area (Å²) < 4.78 is 5.52. The molecule has 14 heavy (non-hydrogen) atoms. The zero-order valence-corrected chi connectivity index (χ0v) is 7.49. The van der Waals surface area contributed by atoms with Crippen LogP contribution in [0.15, 0.2) is 18.2 Å². The second-order valence-electron chi connectivity index (χ2n) is 3.39. The van der Waals surface area contributed by atoms with Gasteiger partial charge in [-0.1, -0.05) is 0 Å². The van der Waals surface area contributed by atoms with Crippen LogP contribution in [0.5, 0.6) is 5.75 Å². The molecular weight excluding hydrogens is 175 g/mol. The molecule has 0 atom stereocenters. The molecule has 0 saturated carbocycles. The number of benzene rings is 1. The van der Waals surface area contributed by atoms with Crippen LogP contribution in [0.1, 0.15) is 5.56 Å². The molecule has 2 heterocycles. The average Bonchev–Trinajstić information content (AvgIpc) is 2.59. The van der Waals surface area contributed by atoms with Crippen molar-refractivity contribution >= 4 is 24.8 Å². The van der Waals surface area contributed by atoms with Crippen molar-refractivity contribution in [3.63, 3.8) is 0 Å². The Balaban J connectivity index is 2.44. The Bertz CT molecular complexity index is 570. The van der Waals surface area contributed by atoms with E-state index in [4.69, 9.17) is 4.74 Å². The Kier molecular flexibility index (Phi) is 1.48. The van der Waals surface area contributed by atoms with Crippen molar-refractivity contribution in [1.29, 1.82) is 0 Å². The van der Waals surface area contributed by atoms with Gasteiger partial charge < -0.3 is 0 Å². The Hall–Kier alpha value is -1.64. The number of fused-ring (bicyclic) bond motifs is 3. The molecule has 0 aliphatic carbocycles. The van der Waals surface area contributed by atoms with Crippen LogP contribution in [0, 0.1) is 5.11 Å². The van der Waals surface area contributed by atoms with E-state index < -0.39 is 0 Å². The summed E-state index contributed by atoms with van der Waals surface area (Å²) in [6.07, 6.45) is 5.63. The number of carbonyl (C=O) groups is 1. The Morgan fingerprint density at radius 3 is 3.21 bits per heavy atom. The summed E-state index contributed by atoms with van der Waals surface area (Å²) in [6.45, 7) is 2.22. The second kappa shape index (κ2) is 2.67. The summed E-state index contributed by atoms with van der Waals surface area (Å²) >= 11 is 0. The molecule has 0 fully saturated rings. The molecular formula is C11H7BO2. The first-order chi connectivity index (χ1) is 6.84. The quantitative estimate of drug-likeness (QED) is 0.541. The molecule has 2 nitrogen and oxygen atoms in total. The van der Waals surface area contributed by atoms with Crippen molar-refractivity contribution < 1.29 is 9.53 Å². The molecule has 0 bridgehead atoms. The van der Waals surface area contributed by atoms with E-state index in [0.29, 0.717) is 6.61 Å². The Morgan fingerprint density at radius 2 is 2.29 bits per heavy atom.